The van der Waals surface area contributed by atoms with E-state index in [0.717, 1.165) is 18.4 Å². The van der Waals surface area contributed by atoms with Gasteiger partial charge in [0.25, 0.3) is 5.91 Å². The number of benzene rings is 1. The Labute approximate surface area is 118 Å². The van der Waals surface area contributed by atoms with Gasteiger partial charge in [-0.2, -0.15) is 0 Å². The molecule has 20 heavy (non-hydrogen) atoms. The average Bonchev–Trinajstić information content (AvgIpc) is 2.50. The summed E-state index contributed by atoms with van der Waals surface area (Å²) in [6, 6.07) is 5.44. The van der Waals surface area contributed by atoms with E-state index in [9.17, 15) is 4.79 Å². The summed E-state index contributed by atoms with van der Waals surface area (Å²) in [4.78, 5) is 20.6. The summed E-state index contributed by atoms with van der Waals surface area (Å²) < 4.78 is 0. The molecule has 0 aliphatic rings. The van der Waals surface area contributed by atoms with Gasteiger partial charge in [-0.15, -0.1) is 0 Å². The van der Waals surface area contributed by atoms with Gasteiger partial charge in [-0.1, -0.05) is 13.0 Å². The zero-order valence-corrected chi connectivity index (χ0v) is 11.7. The second-order valence-corrected chi connectivity index (χ2v) is 4.97. The number of nitrogens with one attached hydrogen (secondary N) is 1. The third-order valence-electron chi connectivity index (χ3n) is 3.30. The van der Waals surface area contributed by atoms with Crippen molar-refractivity contribution in [3.05, 3.63) is 36.2 Å². The maximum Gasteiger partial charge on any atom is 0.253 e. The first-order chi connectivity index (χ1) is 9.72. The van der Waals surface area contributed by atoms with E-state index in [2.05, 4.69) is 22.2 Å². The predicted molar refractivity (Wildman–Crippen MR) is 79.3 cm³/mol. The van der Waals surface area contributed by atoms with Gasteiger partial charge in [-0.3, -0.25) is 14.8 Å². The third-order valence-corrected chi connectivity index (χ3v) is 3.30. The number of amides is 1. The molecule has 0 bridgehead atoms. The van der Waals surface area contributed by atoms with E-state index in [1.54, 1.807) is 18.5 Å². The Balaban J connectivity index is 1.98. The van der Waals surface area contributed by atoms with Crippen molar-refractivity contribution in [3.63, 3.8) is 0 Å². The predicted octanol–water partition coefficient (Wildman–Crippen LogP) is 1.73. The molecule has 5 nitrogen and oxygen atoms in total. The maximum atomic E-state index is 12.2. The van der Waals surface area contributed by atoms with Gasteiger partial charge in [-0.05, 0) is 37.4 Å². The van der Waals surface area contributed by atoms with Gasteiger partial charge in [0, 0.05) is 18.9 Å². The van der Waals surface area contributed by atoms with Crippen molar-refractivity contribution in [2.45, 2.75) is 19.8 Å². The molecule has 0 radical (unpaired) electrons. The Hall–Kier alpha value is -2.01. The SMILES string of the molecule is CC(CN)CCCNC(=O)c1cccc2nccnc12. The highest BCUT2D eigenvalue weighted by atomic mass is 16.1. The molecule has 0 saturated heterocycles. The minimum absolute atomic E-state index is 0.100. The lowest BCUT2D eigenvalue weighted by molar-refractivity contribution is 0.0954. The van der Waals surface area contributed by atoms with Crippen LogP contribution in [0.3, 0.4) is 0 Å². The van der Waals surface area contributed by atoms with Gasteiger partial charge in [0.15, 0.2) is 0 Å². The molecular formula is C15H20N4O. The average molecular weight is 272 g/mol. The fourth-order valence-electron chi connectivity index (χ4n) is 2.04. The summed E-state index contributed by atoms with van der Waals surface area (Å²) in [5.74, 6) is 0.395. The second-order valence-electron chi connectivity index (χ2n) is 4.97. The summed E-state index contributed by atoms with van der Waals surface area (Å²) in [6.07, 6.45) is 5.17. The van der Waals surface area contributed by atoms with Crippen LogP contribution >= 0.6 is 0 Å². The molecule has 0 saturated carbocycles. The van der Waals surface area contributed by atoms with Crippen molar-refractivity contribution < 1.29 is 4.79 Å². The van der Waals surface area contributed by atoms with Crippen LogP contribution in [-0.4, -0.2) is 29.0 Å². The molecule has 1 heterocycles. The van der Waals surface area contributed by atoms with Gasteiger partial charge in [0.2, 0.25) is 0 Å². The first kappa shape index (κ1) is 14.4. The Kier molecular flexibility index (Phi) is 5.01. The molecule has 1 unspecified atom stereocenters. The van der Waals surface area contributed by atoms with E-state index in [0.29, 0.717) is 30.1 Å². The Morgan fingerprint density at radius 2 is 2.15 bits per heavy atom. The van der Waals surface area contributed by atoms with E-state index in [1.807, 2.05) is 12.1 Å². The van der Waals surface area contributed by atoms with Crippen molar-refractivity contribution in [1.29, 1.82) is 0 Å². The molecule has 0 aliphatic heterocycles. The number of aromatic nitrogens is 2. The number of fused-ring (bicyclic) bond motifs is 1. The lowest BCUT2D eigenvalue weighted by Gasteiger charge is -2.09. The molecule has 2 rings (SSSR count). The number of carbonyl (C=O) groups excluding carboxylic acids is 1. The highest BCUT2D eigenvalue weighted by Gasteiger charge is 2.10. The maximum absolute atomic E-state index is 12.2. The molecule has 0 spiro atoms. The molecule has 1 aromatic heterocycles. The van der Waals surface area contributed by atoms with Crippen LogP contribution in [0.1, 0.15) is 30.1 Å². The number of nitrogens with zero attached hydrogens (tertiary/aromatic N) is 2. The molecule has 106 valence electrons. The Morgan fingerprint density at radius 3 is 2.95 bits per heavy atom. The van der Waals surface area contributed by atoms with Gasteiger partial charge in [0.05, 0.1) is 11.1 Å². The number of nitrogens with two attached hydrogens (primary N) is 1. The van der Waals surface area contributed by atoms with E-state index in [1.165, 1.54) is 0 Å². The standard InChI is InChI=1S/C15H20N4O/c1-11(10-16)4-3-7-19-15(20)12-5-2-6-13-14(12)18-9-8-17-13/h2,5-6,8-9,11H,3-4,7,10,16H2,1H3,(H,19,20). The van der Waals surface area contributed by atoms with E-state index >= 15 is 0 Å². The molecule has 1 atom stereocenters. The highest BCUT2D eigenvalue weighted by Crippen LogP contribution is 2.13. The number of hydrogen-bond acceptors (Lipinski definition) is 4. The van der Waals surface area contributed by atoms with Crippen molar-refractivity contribution in [2.24, 2.45) is 11.7 Å². The first-order valence-electron chi connectivity index (χ1n) is 6.90. The van der Waals surface area contributed by atoms with E-state index in [-0.39, 0.29) is 5.91 Å². The zero-order chi connectivity index (χ0) is 14.4. The van der Waals surface area contributed by atoms with Crippen LogP contribution in [-0.2, 0) is 0 Å². The van der Waals surface area contributed by atoms with Gasteiger partial charge in [-0.25, -0.2) is 0 Å². The second kappa shape index (κ2) is 6.96. The number of rotatable bonds is 6. The van der Waals surface area contributed by atoms with Crippen LogP contribution in [0.15, 0.2) is 30.6 Å². The highest BCUT2D eigenvalue weighted by molar-refractivity contribution is 6.04. The lowest BCUT2D eigenvalue weighted by Crippen LogP contribution is -2.25. The molecule has 2 aromatic rings. The molecule has 1 aromatic carbocycles. The number of carbonyl (C=O) groups is 1. The van der Waals surface area contributed by atoms with Crippen molar-refractivity contribution in [3.8, 4) is 0 Å². The van der Waals surface area contributed by atoms with Gasteiger partial charge in [0.1, 0.15) is 5.52 Å². The van der Waals surface area contributed by atoms with E-state index in [4.69, 9.17) is 5.73 Å². The molecule has 1 amide bonds. The molecule has 5 heteroatoms. The van der Waals surface area contributed by atoms with Crippen LogP contribution in [0.5, 0.6) is 0 Å². The van der Waals surface area contributed by atoms with Crippen LogP contribution in [0.2, 0.25) is 0 Å². The van der Waals surface area contributed by atoms with Crippen molar-refractivity contribution in [1.82, 2.24) is 15.3 Å². The molecule has 3 N–H and O–H groups in total. The molecule has 0 aliphatic carbocycles. The van der Waals surface area contributed by atoms with Crippen molar-refractivity contribution in [2.75, 3.05) is 13.1 Å². The molecule has 0 fully saturated rings. The van der Waals surface area contributed by atoms with E-state index < -0.39 is 0 Å². The summed E-state index contributed by atoms with van der Waals surface area (Å²) in [5.41, 5.74) is 7.51. The van der Waals surface area contributed by atoms with Crippen molar-refractivity contribution >= 4 is 16.9 Å². The fourth-order valence-corrected chi connectivity index (χ4v) is 2.04. The van der Waals surface area contributed by atoms with Crippen LogP contribution in [0.4, 0.5) is 0 Å². The number of para-hydroxylation sites is 1. The smallest absolute Gasteiger partial charge is 0.253 e. The Bertz CT molecular complexity index is 580. The topological polar surface area (TPSA) is 80.9 Å². The first-order valence-corrected chi connectivity index (χ1v) is 6.90. The minimum atomic E-state index is -0.100. The summed E-state index contributed by atoms with van der Waals surface area (Å²) in [5, 5.41) is 2.92. The normalized spacial score (nSPS) is 12.3. The minimum Gasteiger partial charge on any atom is -0.352 e. The largest absolute Gasteiger partial charge is 0.352 e. The Morgan fingerprint density at radius 1 is 1.35 bits per heavy atom. The van der Waals surface area contributed by atoms with Crippen LogP contribution < -0.4 is 11.1 Å². The molecular weight excluding hydrogens is 252 g/mol. The summed E-state index contributed by atoms with van der Waals surface area (Å²) in [6.45, 7) is 3.45. The third kappa shape index (κ3) is 3.51. The lowest BCUT2D eigenvalue weighted by atomic mass is 10.1. The quantitative estimate of drug-likeness (QED) is 0.785. The van der Waals surface area contributed by atoms with Crippen LogP contribution in [0.25, 0.3) is 11.0 Å². The monoisotopic (exact) mass is 272 g/mol. The summed E-state index contributed by atoms with van der Waals surface area (Å²) in [7, 11) is 0. The fraction of sp³-hybridized carbons (Fsp3) is 0.400. The van der Waals surface area contributed by atoms with Crippen LogP contribution in [0, 0.1) is 5.92 Å². The summed E-state index contributed by atoms with van der Waals surface area (Å²) >= 11 is 0. The zero-order valence-electron chi connectivity index (χ0n) is 11.7. The van der Waals surface area contributed by atoms with Gasteiger partial charge < -0.3 is 11.1 Å². The number of hydrogen-bond donors (Lipinski definition) is 2. The van der Waals surface area contributed by atoms with Gasteiger partial charge >= 0.3 is 0 Å².